The van der Waals surface area contributed by atoms with E-state index in [0.717, 1.165) is 0 Å². The van der Waals surface area contributed by atoms with Crippen molar-refractivity contribution in [3.63, 3.8) is 0 Å². The molecule has 1 aromatic heterocycles. The quantitative estimate of drug-likeness (QED) is 0.349. The Labute approximate surface area is 91.8 Å². The molecule has 1 aromatic rings. The van der Waals surface area contributed by atoms with Crippen molar-refractivity contribution in [2.45, 2.75) is 13.0 Å². The lowest BCUT2D eigenvalue weighted by atomic mass is 10.2. The van der Waals surface area contributed by atoms with Crippen LogP contribution in [0.1, 0.15) is 16.6 Å². The Morgan fingerprint density at radius 2 is 2.40 bits per heavy atom. The van der Waals surface area contributed by atoms with Crippen LogP contribution >= 0.6 is 11.3 Å². The molecule has 0 aromatic carbocycles. The largest absolute Gasteiger partial charge is 0.409 e. The van der Waals surface area contributed by atoms with Crippen LogP contribution in [0, 0.1) is 0 Å². The molecule has 1 heterocycles. The topological polar surface area (TPSA) is 78.9 Å². The monoisotopic (exact) mass is 227 g/mol. The zero-order valence-corrected chi connectivity index (χ0v) is 9.36. The molecule has 0 fully saturated rings. The van der Waals surface area contributed by atoms with Crippen molar-refractivity contribution < 1.29 is 10.0 Å². The summed E-state index contributed by atoms with van der Waals surface area (Å²) >= 11 is 1.36. The fourth-order valence-corrected chi connectivity index (χ4v) is 1.74. The smallest absolute Gasteiger partial charge is 0.264 e. The highest BCUT2D eigenvalue weighted by Crippen LogP contribution is 2.12. The van der Waals surface area contributed by atoms with Gasteiger partial charge in [-0.1, -0.05) is 11.2 Å². The van der Waals surface area contributed by atoms with Crippen LogP contribution in [-0.2, 0) is 0 Å². The van der Waals surface area contributed by atoms with Crippen LogP contribution in [0.25, 0.3) is 0 Å². The average molecular weight is 227 g/mol. The molecule has 3 N–H and O–H groups in total. The molecule has 0 radical (unpaired) electrons. The fourth-order valence-electron chi connectivity index (χ4n) is 1.03. The van der Waals surface area contributed by atoms with Gasteiger partial charge in [0, 0.05) is 7.05 Å². The van der Waals surface area contributed by atoms with Crippen LogP contribution in [0.4, 0.5) is 0 Å². The van der Waals surface area contributed by atoms with Gasteiger partial charge in [0.05, 0.1) is 10.9 Å². The Morgan fingerprint density at radius 1 is 1.73 bits per heavy atom. The Balaban J connectivity index is 2.77. The number of hydrogen-bond donors (Lipinski definition) is 2. The van der Waals surface area contributed by atoms with Crippen molar-refractivity contribution in [2.75, 3.05) is 7.05 Å². The lowest BCUT2D eigenvalue weighted by molar-refractivity contribution is 0.0781. The number of amides is 1. The Morgan fingerprint density at radius 3 is 2.87 bits per heavy atom. The number of amidine groups is 1. The van der Waals surface area contributed by atoms with Crippen LogP contribution in [0.5, 0.6) is 0 Å². The molecule has 1 atom stereocenters. The van der Waals surface area contributed by atoms with Crippen LogP contribution in [-0.4, -0.2) is 34.9 Å². The molecule has 1 amide bonds. The Hall–Kier alpha value is -1.56. The molecule has 5 nitrogen and oxygen atoms in total. The Kier molecular flexibility index (Phi) is 3.68. The zero-order chi connectivity index (χ0) is 11.4. The molecule has 6 heteroatoms. The van der Waals surface area contributed by atoms with Gasteiger partial charge in [-0.25, -0.2) is 0 Å². The molecule has 0 spiro atoms. The molecule has 0 aliphatic heterocycles. The summed E-state index contributed by atoms with van der Waals surface area (Å²) in [5.41, 5.74) is 5.42. The first-order valence-corrected chi connectivity index (χ1v) is 5.24. The van der Waals surface area contributed by atoms with E-state index in [9.17, 15) is 4.79 Å². The summed E-state index contributed by atoms with van der Waals surface area (Å²) in [4.78, 5) is 13.9. The molecular formula is C9H13N3O2S. The van der Waals surface area contributed by atoms with Gasteiger partial charge in [0.2, 0.25) is 0 Å². The van der Waals surface area contributed by atoms with Gasteiger partial charge in [0.1, 0.15) is 0 Å². The van der Waals surface area contributed by atoms with Crippen molar-refractivity contribution in [3.05, 3.63) is 22.4 Å². The van der Waals surface area contributed by atoms with E-state index in [4.69, 9.17) is 10.9 Å². The minimum absolute atomic E-state index is 0.0161. The van der Waals surface area contributed by atoms with Gasteiger partial charge in [-0.2, -0.15) is 0 Å². The second kappa shape index (κ2) is 4.79. The third kappa shape index (κ3) is 2.47. The molecule has 0 bridgehead atoms. The highest BCUT2D eigenvalue weighted by Gasteiger charge is 2.20. The Bertz CT molecular complexity index is 361. The van der Waals surface area contributed by atoms with Gasteiger partial charge < -0.3 is 15.8 Å². The van der Waals surface area contributed by atoms with E-state index in [1.165, 1.54) is 16.2 Å². The molecule has 0 aliphatic carbocycles. The van der Waals surface area contributed by atoms with E-state index in [1.807, 2.05) is 5.38 Å². The highest BCUT2D eigenvalue weighted by atomic mass is 32.1. The summed E-state index contributed by atoms with van der Waals surface area (Å²) in [6, 6.07) is 3.12. The lowest BCUT2D eigenvalue weighted by Gasteiger charge is -2.22. The molecule has 82 valence electrons. The van der Waals surface area contributed by atoms with Gasteiger partial charge in [-0.05, 0) is 18.4 Å². The third-order valence-corrected chi connectivity index (χ3v) is 3.03. The fraction of sp³-hybridized carbons (Fsp3) is 0.333. The van der Waals surface area contributed by atoms with E-state index < -0.39 is 6.04 Å². The molecule has 15 heavy (non-hydrogen) atoms. The average Bonchev–Trinajstić information content (AvgIpc) is 2.78. The van der Waals surface area contributed by atoms with Gasteiger partial charge in [0.15, 0.2) is 5.84 Å². The highest BCUT2D eigenvalue weighted by molar-refractivity contribution is 7.12. The number of thiophene rings is 1. The van der Waals surface area contributed by atoms with Crippen molar-refractivity contribution in [2.24, 2.45) is 10.9 Å². The predicted octanol–water partition coefficient (Wildman–Crippen LogP) is 0.955. The maximum Gasteiger partial charge on any atom is 0.264 e. The van der Waals surface area contributed by atoms with Gasteiger partial charge in [-0.15, -0.1) is 11.3 Å². The summed E-state index contributed by atoms with van der Waals surface area (Å²) in [5.74, 6) is -0.119. The molecular weight excluding hydrogens is 214 g/mol. The molecule has 1 rings (SSSR count). The molecule has 0 aliphatic rings. The molecule has 0 saturated carbocycles. The third-order valence-electron chi connectivity index (χ3n) is 2.18. The SMILES string of the molecule is CC(C(N)=NO)N(C)C(=O)c1cccs1. The van der Waals surface area contributed by atoms with Crippen molar-refractivity contribution in [1.29, 1.82) is 0 Å². The summed E-state index contributed by atoms with van der Waals surface area (Å²) in [6.07, 6.45) is 0. The van der Waals surface area contributed by atoms with Crippen LogP contribution < -0.4 is 5.73 Å². The number of carbonyl (C=O) groups excluding carboxylic acids is 1. The number of nitrogens with zero attached hydrogens (tertiary/aromatic N) is 2. The maximum atomic E-state index is 11.8. The minimum atomic E-state index is -0.426. The molecule has 0 saturated heterocycles. The van der Waals surface area contributed by atoms with Gasteiger partial charge in [0.25, 0.3) is 5.91 Å². The number of hydrogen-bond acceptors (Lipinski definition) is 4. The maximum absolute atomic E-state index is 11.8. The second-order valence-corrected chi connectivity index (χ2v) is 4.04. The van der Waals surface area contributed by atoms with E-state index in [-0.39, 0.29) is 11.7 Å². The van der Waals surface area contributed by atoms with E-state index in [1.54, 1.807) is 26.1 Å². The van der Waals surface area contributed by atoms with E-state index >= 15 is 0 Å². The number of nitrogens with two attached hydrogens (primary N) is 1. The van der Waals surface area contributed by atoms with Crippen molar-refractivity contribution in [3.8, 4) is 0 Å². The summed E-state index contributed by atoms with van der Waals surface area (Å²) in [7, 11) is 1.62. The minimum Gasteiger partial charge on any atom is -0.409 e. The number of carbonyl (C=O) groups is 1. The summed E-state index contributed by atoms with van der Waals surface area (Å²) < 4.78 is 0. The number of rotatable bonds is 3. The predicted molar refractivity (Wildman–Crippen MR) is 59.3 cm³/mol. The first-order valence-electron chi connectivity index (χ1n) is 4.36. The van der Waals surface area contributed by atoms with Gasteiger partial charge in [-0.3, -0.25) is 4.79 Å². The summed E-state index contributed by atoms with van der Waals surface area (Å²) in [6.45, 7) is 1.70. The van der Waals surface area contributed by atoms with Crippen LogP contribution in [0.3, 0.4) is 0 Å². The van der Waals surface area contributed by atoms with E-state index in [0.29, 0.717) is 4.88 Å². The lowest BCUT2D eigenvalue weighted by Crippen LogP contribution is -2.43. The summed E-state index contributed by atoms with van der Waals surface area (Å²) in [5, 5.41) is 13.2. The van der Waals surface area contributed by atoms with Crippen molar-refractivity contribution in [1.82, 2.24) is 4.90 Å². The molecule has 1 unspecified atom stereocenters. The zero-order valence-electron chi connectivity index (χ0n) is 8.54. The number of likely N-dealkylation sites (N-methyl/N-ethyl adjacent to an activating group) is 1. The first kappa shape index (κ1) is 11.5. The standard InChI is InChI=1S/C9H13N3O2S/c1-6(8(10)11-14)12(2)9(13)7-4-3-5-15-7/h3-6,14H,1-2H3,(H2,10,11). The number of oxime groups is 1. The normalized spacial score (nSPS) is 13.6. The van der Waals surface area contributed by atoms with Gasteiger partial charge >= 0.3 is 0 Å². The first-order chi connectivity index (χ1) is 7.07. The second-order valence-electron chi connectivity index (χ2n) is 3.09. The van der Waals surface area contributed by atoms with Crippen LogP contribution in [0.15, 0.2) is 22.7 Å². The van der Waals surface area contributed by atoms with E-state index in [2.05, 4.69) is 5.16 Å². The van der Waals surface area contributed by atoms with Crippen molar-refractivity contribution >= 4 is 23.1 Å². The van der Waals surface area contributed by atoms with Crippen LogP contribution in [0.2, 0.25) is 0 Å².